The van der Waals surface area contributed by atoms with Gasteiger partial charge in [0, 0.05) is 12.8 Å². The molecule has 20 heavy (non-hydrogen) atoms. The summed E-state index contributed by atoms with van der Waals surface area (Å²) in [5.74, 6) is 0.920. The van der Waals surface area contributed by atoms with E-state index in [1.807, 2.05) is 0 Å². The predicted molar refractivity (Wildman–Crippen MR) is 88.6 cm³/mol. The number of carbonyl (C=O) groups is 1. The van der Waals surface area contributed by atoms with Crippen LogP contribution in [0.15, 0.2) is 0 Å². The number of ketones is 1. The van der Waals surface area contributed by atoms with Crippen molar-refractivity contribution in [1.29, 1.82) is 0 Å². The number of rotatable bonds is 5. The fraction of sp³-hybridized carbons (Fsp3) is 0.941. The van der Waals surface area contributed by atoms with Crippen LogP contribution in [0.5, 0.6) is 0 Å². The van der Waals surface area contributed by atoms with E-state index in [9.17, 15) is 4.79 Å². The number of hydrogen-bond acceptors (Lipinski definition) is 2. The molecule has 0 heterocycles. The van der Waals surface area contributed by atoms with Gasteiger partial charge in [0.2, 0.25) is 8.32 Å². The Morgan fingerprint density at radius 1 is 1.05 bits per heavy atom. The molecular weight excluding hydrogens is 264 g/mol. The van der Waals surface area contributed by atoms with Crippen LogP contribution in [0.3, 0.4) is 0 Å². The largest absolute Gasteiger partial charge is 0.412 e. The SMILES string of the molecule is CC(C)[Si](O[C@H]1CC(=O)CCC[C@H]1C)(C(C)C)C(C)C. The van der Waals surface area contributed by atoms with Gasteiger partial charge in [-0.05, 0) is 35.4 Å². The Bertz CT molecular complexity index is 301. The Labute approximate surface area is 126 Å². The average Bonchev–Trinajstić information content (AvgIpc) is 2.46. The normalized spacial score (nSPS) is 25.6. The van der Waals surface area contributed by atoms with Crippen molar-refractivity contribution in [2.75, 3.05) is 0 Å². The molecular formula is C17H34O2Si. The van der Waals surface area contributed by atoms with E-state index in [-0.39, 0.29) is 6.10 Å². The van der Waals surface area contributed by atoms with Crippen molar-refractivity contribution in [3.8, 4) is 0 Å². The van der Waals surface area contributed by atoms with Crippen LogP contribution in [-0.2, 0) is 9.22 Å². The number of carbonyl (C=O) groups excluding carboxylic acids is 1. The van der Waals surface area contributed by atoms with Crippen molar-refractivity contribution in [1.82, 2.24) is 0 Å². The summed E-state index contributed by atoms with van der Waals surface area (Å²) in [5, 5.41) is 0. The Morgan fingerprint density at radius 2 is 1.55 bits per heavy atom. The zero-order valence-corrected chi connectivity index (χ0v) is 15.5. The fourth-order valence-corrected chi connectivity index (χ4v) is 9.82. The van der Waals surface area contributed by atoms with Crippen molar-refractivity contribution in [2.24, 2.45) is 5.92 Å². The standard InChI is InChI=1S/C17H34O2Si/c1-12(2)20(13(3)4,14(5)6)19-17-11-16(18)10-8-9-15(17)7/h12-15,17H,8-11H2,1-7H3/t15-,17+/m1/s1. The molecule has 3 heteroatoms. The Balaban J connectivity index is 3.01. The number of Topliss-reactive ketones (excluding diaryl/α,β-unsaturated/α-hetero) is 1. The van der Waals surface area contributed by atoms with E-state index >= 15 is 0 Å². The van der Waals surface area contributed by atoms with Crippen molar-refractivity contribution in [3.05, 3.63) is 0 Å². The van der Waals surface area contributed by atoms with Gasteiger partial charge in [-0.15, -0.1) is 0 Å². The molecule has 2 nitrogen and oxygen atoms in total. The van der Waals surface area contributed by atoms with Gasteiger partial charge in [0.25, 0.3) is 0 Å². The number of hydrogen-bond donors (Lipinski definition) is 0. The van der Waals surface area contributed by atoms with Gasteiger partial charge in [0.05, 0.1) is 6.10 Å². The third-order valence-corrected chi connectivity index (χ3v) is 11.4. The minimum absolute atomic E-state index is 0.156. The molecule has 0 saturated heterocycles. The van der Waals surface area contributed by atoms with Crippen molar-refractivity contribution < 1.29 is 9.22 Å². The molecule has 2 atom stereocenters. The minimum Gasteiger partial charge on any atom is -0.412 e. The molecule has 1 saturated carbocycles. The van der Waals surface area contributed by atoms with E-state index in [4.69, 9.17) is 4.43 Å². The summed E-state index contributed by atoms with van der Waals surface area (Å²) in [6, 6.07) is 0. The second-order valence-electron chi connectivity index (χ2n) is 7.59. The van der Waals surface area contributed by atoms with Gasteiger partial charge in [-0.2, -0.15) is 0 Å². The molecule has 0 aliphatic heterocycles. The van der Waals surface area contributed by atoms with Crippen LogP contribution in [0, 0.1) is 5.92 Å². The summed E-state index contributed by atoms with van der Waals surface area (Å²) in [5.41, 5.74) is 1.77. The highest BCUT2D eigenvalue weighted by molar-refractivity contribution is 6.77. The van der Waals surface area contributed by atoms with Crippen LogP contribution in [0.2, 0.25) is 16.6 Å². The lowest BCUT2D eigenvalue weighted by molar-refractivity contribution is -0.120. The molecule has 118 valence electrons. The molecule has 1 fully saturated rings. The Kier molecular flexibility index (Phi) is 6.46. The van der Waals surface area contributed by atoms with Gasteiger partial charge in [0.15, 0.2) is 0 Å². The summed E-state index contributed by atoms with van der Waals surface area (Å²) in [6.07, 6.45) is 3.73. The van der Waals surface area contributed by atoms with Crippen LogP contribution in [-0.4, -0.2) is 20.2 Å². The zero-order valence-electron chi connectivity index (χ0n) is 14.5. The van der Waals surface area contributed by atoms with E-state index in [0.717, 1.165) is 19.3 Å². The Morgan fingerprint density at radius 3 is 2.00 bits per heavy atom. The average molecular weight is 299 g/mol. The van der Waals surface area contributed by atoms with Crippen molar-refractivity contribution in [2.45, 2.75) is 96.9 Å². The maximum absolute atomic E-state index is 12.0. The van der Waals surface area contributed by atoms with Crippen LogP contribution in [0.4, 0.5) is 0 Å². The first-order valence-corrected chi connectivity index (χ1v) is 10.5. The highest BCUT2D eigenvalue weighted by Gasteiger charge is 2.47. The van der Waals surface area contributed by atoms with E-state index in [2.05, 4.69) is 48.5 Å². The lowest BCUT2D eigenvalue weighted by Gasteiger charge is -2.45. The monoisotopic (exact) mass is 298 g/mol. The highest BCUT2D eigenvalue weighted by atomic mass is 28.4. The van der Waals surface area contributed by atoms with Gasteiger partial charge >= 0.3 is 0 Å². The van der Waals surface area contributed by atoms with Crippen molar-refractivity contribution in [3.63, 3.8) is 0 Å². The first kappa shape index (κ1) is 17.9. The van der Waals surface area contributed by atoms with Gasteiger partial charge in [-0.1, -0.05) is 48.5 Å². The van der Waals surface area contributed by atoms with Gasteiger partial charge < -0.3 is 4.43 Å². The third kappa shape index (κ3) is 3.73. The van der Waals surface area contributed by atoms with Gasteiger partial charge in [-0.3, -0.25) is 4.79 Å². The van der Waals surface area contributed by atoms with Gasteiger partial charge in [-0.25, -0.2) is 0 Å². The summed E-state index contributed by atoms with van der Waals surface area (Å²) in [4.78, 5) is 12.0. The molecule has 0 aromatic heterocycles. The summed E-state index contributed by atoms with van der Waals surface area (Å²) >= 11 is 0. The molecule has 0 spiro atoms. The molecule has 0 N–H and O–H groups in total. The first-order chi connectivity index (χ1) is 9.21. The molecule has 0 aromatic carbocycles. The molecule has 0 unspecified atom stereocenters. The smallest absolute Gasteiger partial charge is 0.200 e. The fourth-order valence-electron chi connectivity index (χ4n) is 4.16. The Hall–Kier alpha value is -0.153. The molecule has 0 amide bonds. The van der Waals surface area contributed by atoms with Crippen LogP contribution in [0.1, 0.15) is 74.1 Å². The van der Waals surface area contributed by atoms with Crippen LogP contribution in [0.25, 0.3) is 0 Å². The quantitative estimate of drug-likeness (QED) is 0.507. The maximum Gasteiger partial charge on any atom is 0.200 e. The molecule has 0 radical (unpaired) electrons. The minimum atomic E-state index is -1.86. The highest BCUT2D eigenvalue weighted by Crippen LogP contribution is 2.44. The van der Waals surface area contributed by atoms with Crippen molar-refractivity contribution >= 4 is 14.1 Å². The third-order valence-electron chi connectivity index (χ3n) is 5.24. The molecule has 0 aromatic rings. The van der Waals surface area contributed by atoms with Gasteiger partial charge in [0.1, 0.15) is 5.78 Å². The summed E-state index contributed by atoms with van der Waals surface area (Å²) < 4.78 is 6.84. The first-order valence-electron chi connectivity index (χ1n) is 8.41. The summed E-state index contributed by atoms with van der Waals surface area (Å²) in [7, 11) is -1.86. The lowest BCUT2D eigenvalue weighted by atomic mass is 10.0. The predicted octanol–water partition coefficient (Wildman–Crippen LogP) is 5.33. The van der Waals surface area contributed by atoms with E-state index in [1.165, 1.54) is 0 Å². The molecule has 1 aliphatic rings. The summed E-state index contributed by atoms with van der Waals surface area (Å²) in [6.45, 7) is 16.2. The molecule has 0 bridgehead atoms. The second kappa shape index (κ2) is 7.21. The van der Waals surface area contributed by atoms with Crippen LogP contribution < -0.4 is 0 Å². The van der Waals surface area contributed by atoms with Crippen LogP contribution >= 0.6 is 0 Å². The van der Waals surface area contributed by atoms with E-state index < -0.39 is 8.32 Å². The molecule has 1 rings (SSSR count). The topological polar surface area (TPSA) is 26.3 Å². The molecule has 1 aliphatic carbocycles. The second-order valence-corrected chi connectivity index (χ2v) is 13.0. The maximum atomic E-state index is 12.0. The zero-order chi connectivity index (χ0) is 15.5. The lowest BCUT2D eigenvalue weighted by Crippen LogP contribution is -2.51. The van der Waals surface area contributed by atoms with E-state index in [0.29, 0.717) is 34.7 Å². The van der Waals surface area contributed by atoms with E-state index in [1.54, 1.807) is 0 Å².